The average molecular weight is 434 g/mol. The maximum atomic E-state index is 13.3. The highest BCUT2D eigenvalue weighted by atomic mass is 16.3. The van der Waals surface area contributed by atoms with Crippen LogP contribution in [0.3, 0.4) is 0 Å². The number of anilines is 1. The average Bonchev–Trinajstić information content (AvgIpc) is 3.14. The SMILES string of the molecule is CCc1ccc(N2C(=O)C(=O)/C(=C(\O)c3ccc4ccccc4c3)C2c2ccccc2)cc1. The third-order valence-corrected chi connectivity index (χ3v) is 6.21. The number of hydrogen-bond acceptors (Lipinski definition) is 3. The van der Waals surface area contributed by atoms with E-state index in [-0.39, 0.29) is 11.3 Å². The number of carbonyl (C=O) groups excluding carboxylic acids is 2. The number of carbonyl (C=O) groups is 2. The molecule has 5 rings (SSSR count). The van der Waals surface area contributed by atoms with Crippen molar-refractivity contribution in [2.75, 3.05) is 4.90 Å². The number of fused-ring (bicyclic) bond motifs is 1. The van der Waals surface area contributed by atoms with E-state index in [2.05, 4.69) is 6.92 Å². The molecule has 0 saturated carbocycles. The Morgan fingerprint density at radius 2 is 1.48 bits per heavy atom. The van der Waals surface area contributed by atoms with E-state index in [1.807, 2.05) is 91.0 Å². The molecular formula is C29H23NO3. The molecule has 33 heavy (non-hydrogen) atoms. The minimum Gasteiger partial charge on any atom is -0.507 e. The number of aliphatic hydroxyl groups excluding tert-OH is 1. The van der Waals surface area contributed by atoms with Gasteiger partial charge in [0.25, 0.3) is 11.7 Å². The maximum Gasteiger partial charge on any atom is 0.300 e. The second kappa shape index (κ2) is 8.40. The minimum absolute atomic E-state index is 0.0982. The van der Waals surface area contributed by atoms with Gasteiger partial charge in [-0.2, -0.15) is 0 Å². The Labute approximate surface area is 192 Å². The van der Waals surface area contributed by atoms with Gasteiger partial charge in [-0.1, -0.05) is 85.8 Å². The number of amides is 1. The first kappa shape index (κ1) is 20.7. The second-order valence-electron chi connectivity index (χ2n) is 8.16. The second-order valence-corrected chi connectivity index (χ2v) is 8.16. The Morgan fingerprint density at radius 3 is 2.18 bits per heavy atom. The number of ketones is 1. The molecule has 1 amide bonds. The van der Waals surface area contributed by atoms with E-state index < -0.39 is 17.7 Å². The number of rotatable bonds is 4. The molecular weight excluding hydrogens is 410 g/mol. The molecule has 4 nitrogen and oxygen atoms in total. The van der Waals surface area contributed by atoms with Crippen LogP contribution in [0.4, 0.5) is 5.69 Å². The largest absolute Gasteiger partial charge is 0.507 e. The summed E-state index contributed by atoms with van der Waals surface area (Å²) < 4.78 is 0. The molecule has 0 aliphatic carbocycles. The Balaban J connectivity index is 1.70. The first-order chi connectivity index (χ1) is 16.1. The molecule has 0 spiro atoms. The van der Waals surface area contributed by atoms with Crippen molar-refractivity contribution in [3.05, 3.63) is 119 Å². The summed E-state index contributed by atoms with van der Waals surface area (Å²) in [6, 6.07) is 29.6. The topological polar surface area (TPSA) is 57.6 Å². The monoisotopic (exact) mass is 433 g/mol. The van der Waals surface area contributed by atoms with Gasteiger partial charge in [-0.15, -0.1) is 0 Å². The van der Waals surface area contributed by atoms with Crippen molar-refractivity contribution >= 4 is 33.9 Å². The van der Waals surface area contributed by atoms with Gasteiger partial charge in [0.15, 0.2) is 0 Å². The van der Waals surface area contributed by atoms with Crippen LogP contribution < -0.4 is 4.90 Å². The highest BCUT2D eigenvalue weighted by Crippen LogP contribution is 2.42. The van der Waals surface area contributed by atoms with Crippen LogP contribution in [0.1, 0.15) is 29.7 Å². The van der Waals surface area contributed by atoms with Crippen molar-refractivity contribution in [2.24, 2.45) is 0 Å². The molecule has 1 fully saturated rings. The Morgan fingerprint density at radius 1 is 0.818 bits per heavy atom. The van der Waals surface area contributed by atoms with E-state index in [0.29, 0.717) is 11.3 Å². The van der Waals surface area contributed by atoms with E-state index >= 15 is 0 Å². The summed E-state index contributed by atoms with van der Waals surface area (Å²) >= 11 is 0. The zero-order valence-electron chi connectivity index (χ0n) is 18.2. The molecule has 1 aliphatic rings. The summed E-state index contributed by atoms with van der Waals surface area (Å²) in [6.45, 7) is 2.06. The molecule has 1 unspecified atom stereocenters. The van der Waals surface area contributed by atoms with Gasteiger partial charge < -0.3 is 5.11 Å². The molecule has 0 aromatic heterocycles. The molecule has 0 bridgehead atoms. The van der Waals surface area contributed by atoms with Crippen LogP contribution in [-0.2, 0) is 16.0 Å². The Bertz CT molecular complexity index is 1390. The first-order valence-electron chi connectivity index (χ1n) is 11.0. The highest BCUT2D eigenvalue weighted by molar-refractivity contribution is 6.51. The molecule has 4 heteroatoms. The zero-order valence-corrected chi connectivity index (χ0v) is 18.2. The number of nitrogens with zero attached hydrogens (tertiary/aromatic N) is 1. The van der Waals surface area contributed by atoms with Crippen molar-refractivity contribution in [2.45, 2.75) is 19.4 Å². The van der Waals surface area contributed by atoms with Crippen molar-refractivity contribution in [3.63, 3.8) is 0 Å². The summed E-state index contributed by atoms with van der Waals surface area (Å²) in [5.41, 5.74) is 3.14. The lowest BCUT2D eigenvalue weighted by atomic mass is 9.94. The minimum atomic E-state index is -0.717. The zero-order chi connectivity index (χ0) is 22.9. The quantitative estimate of drug-likeness (QED) is 0.243. The maximum absolute atomic E-state index is 13.3. The van der Waals surface area contributed by atoms with Gasteiger partial charge in [-0.05, 0) is 46.5 Å². The van der Waals surface area contributed by atoms with Gasteiger partial charge in [-0.25, -0.2) is 0 Å². The number of Topliss-reactive ketones (excluding diaryl/α,β-unsaturated/α-hetero) is 1. The summed E-state index contributed by atoms with van der Waals surface area (Å²) in [5.74, 6) is -1.50. The summed E-state index contributed by atoms with van der Waals surface area (Å²) in [5, 5.41) is 13.3. The Kier molecular flexibility index (Phi) is 5.27. The van der Waals surface area contributed by atoms with Crippen LogP contribution in [-0.4, -0.2) is 16.8 Å². The van der Waals surface area contributed by atoms with E-state index in [4.69, 9.17) is 0 Å². The van der Waals surface area contributed by atoms with Gasteiger partial charge in [0.1, 0.15) is 5.76 Å². The summed E-state index contributed by atoms with van der Waals surface area (Å²) in [7, 11) is 0. The normalized spacial score (nSPS) is 17.6. The molecule has 1 aliphatic heterocycles. The predicted octanol–water partition coefficient (Wildman–Crippen LogP) is 6.03. The fraction of sp³-hybridized carbons (Fsp3) is 0.103. The highest BCUT2D eigenvalue weighted by Gasteiger charge is 2.46. The van der Waals surface area contributed by atoms with E-state index in [9.17, 15) is 14.7 Å². The van der Waals surface area contributed by atoms with Crippen LogP contribution in [0.25, 0.3) is 16.5 Å². The molecule has 1 saturated heterocycles. The predicted molar refractivity (Wildman–Crippen MR) is 131 cm³/mol. The van der Waals surface area contributed by atoms with Gasteiger partial charge in [0.2, 0.25) is 0 Å². The van der Waals surface area contributed by atoms with Crippen LogP contribution >= 0.6 is 0 Å². The number of aryl methyl sites for hydroxylation is 1. The van der Waals surface area contributed by atoms with Gasteiger partial charge in [-0.3, -0.25) is 14.5 Å². The molecule has 0 radical (unpaired) electrons. The smallest absolute Gasteiger partial charge is 0.300 e. The van der Waals surface area contributed by atoms with Gasteiger partial charge in [0, 0.05) is 11.3 Å². The van der Waals surface area contributed by atoms with E-state index in [0.717, 1.165) is 28.3 Å². The Hall–Kier alpha value is -4.18. The lowest BCUT2D eigenvalue weighted by Gasteiger charge is -2.25. The van der Waals surface area contributed by atoms with Crippen molar-refractivity contribution < 1.29 is 14.7 Å². The van der Waals surface area contributed by atoms with Gasteiger partial charge in [0.05, 0.1) is 11.6 Å². The van der Waals surface area contributed by atoms with Crippen LogP contribution in [0.5, 0.6) is 0 Å². The molecule has 4 aromatic carbocycles. The fourth-order valence-electron chi connectivity index (χ4n) is 4.43. The van der Waals surface area contributed by atoms with Crippen LogP contribution in [0.2, 0.25) is 0 Å². The van der Waals surface area contributed by atoms with E-state index in [1.165, 1.54) is 4.90 Å². The fourth-order valence-corrected chi connectivity index (χ4v) is 4.43. The van der Waals surface area contributed by atoms with Crippen molar-refractivity contribution in [1.82, 2.24) is 0 Å². The molecule has 4 aromatic rings. The third-order valence-electron chi connectivity index (χ3n) is 6.21. The first-order valence-corrected chi connectivity index (χ1v) is 11.0. The third kappa shape index (κ3) is 3.60. The molecule has 162 valence electrons. The molecule has 1 N–H and O–H groups in total. The van der Waals surface area contributed by atoms with Gasteiger partial charge >= 0.3 is 0 Å². The lowest BCUT2D eigenvalue weighted by Crippen LogP contribution is -2.29. The lowest BCUT2D eigenvalue weighted by molar-refractivity contribution is -0.132. The number of aliphatic hydroxyl groups is 1. The number of hydrogen-bond donors (Lipinski definition) is 1. The molecule has 1 heterocycles. The number of benzene rings is 4. The summed E-state index contributed by atoms with van der Waals surface area (Å²) in [4.78, 5) is 28.0. The van der Waals surface area contributed by atoms with E-state index in [1.54, 1.807) is 6.07 Å². The standard InChI is InChI=1S/C29H23NO3/c1-2-19-12-16-24(17-13-19)30-26(21-9-4-3-5-10-21)25(28(32)29(30)33)27(31)23-15-14-20-8-6-7-11-22(20)18-23/h3-18,26,31H,2H2,1H3/b27-25-. The molecule has 1 atom stereocenters. The van der Waals surface area contributed by atoms with Crippen LogP contribution in [0.15, 0.2) is 103 Å². The van der Waals surface area contributed by atoms with Crippen molar-refractivity contribution in [3.8, 4) is 0 Å². The summed E-state index contributed by atoms with van der Waals surface area (Å²) in [6.07, 6.45) is 0.878. The van der Waals surface area contributed by atoms with Crippen molar-refractivity contribution in [1.29, 1.82) is 0 Å². The van der Waals surface area contributed by atoms with Crippen LogP contribution in [0, 0.1) is 0 Å².